The number of thioether (sulfide) groups is 1. The Hall–Kier alpha value is -2.30. The molecule has 0 bridgehead atoms. The van der Waals surface area contributed by atoms with Gasteiger partial charge < -0.3 is 10.6 Å². The highest BCUT2D eigenvalue weighted by Crippen LogP contribution is 2.25. The Morgan fingerprint density at radius 3 is 2.60 bits per heavy atom. The van der Waals surface area contributed by atoms with E-state index in [9.17, 15) is 9.59 Å². The van der Waals surface area contributed by atoms with Crippen LogP contribution >= 0.6 is 34.4 Å². The lowest BCUT2D eigenvalue weighted by molar-refractivity contribution is -0.115. The van der Waals surface area contributed by atoms with Crippen LogP contribution in [0, 0.1) is 0 Å². The first-order chi connectivity index (χ1) is 12.2. The van der Waals surface area contributed by atoms with Crippen LogP contribution in [0.5, 0.6) is 0 Å². The Morgan fingerprint density at radius 1 is 1.04 bits per heavy atom. The fourth-order valence-corrected chi connectivity index (χ4v) is 3.94. The topological polar surface area (TPSA) is 96.9 Å². The van der Waals surface area contributed by atoms with Gasteiger partial charge in [-0.05, 0) is 5.56 Å². The molecular formula is C15H13N5O2S3. The highest BCUT2D eigenvalue weighted by atomic mass is 32.2. The minimum Gasteiger partial charge on any atom is -0.301 e. The van der Waals surface area contributed by atoms with Gasteiger partial charge >= 0.3 is 0 Å². The van der Waals surface area contributed by atoms with Crippen LogP contribution in [-0.2, 0) is 16.0 Å². The van der Waals surface area contributed by atoms with Gasteiger partial charge in [0, 0.05) is 11.6 Å². The molecule has 0 fully saturated rings. The van der Waals surface area contributed by atoms with Crippen molar-refractivity contribution in [2.75, 3.05) is 16.4 Å². The van der Waals surface area contributed by atoms with Crippen LogP contribution in [0.2, 0.25) is 0 Å². The number of nitrogens with zero attached hydrogens (tertiary/aromatic N) is 3. The van der Waals surface area contributed by atoms with Gasteiger partial charge in [-0.1, -0.05) is 53.4 Å². The molecule has 0 atom stereocenters. The zero-order chi connectivity index (χ0) is 17.5. The van der Waals surface area contributed by atoms with Crippen molar-refractivity contribution < 1.29 is 9.59 Å². The average Bonchev–Trinajstić information content (AvgIpc) is 3.26. The van der Waals surface area contributed by atoms with Crippen LogP contribution < -0.4 is 10.6 Å². The fourth-order valence-electron chi connectivity index (χ4n) is 1.83. The van der Waals surface area contributed by atoms with E-state index in [0.717, 1.165) is 5.56 Å². The van der Waals surface area contributed by atoms with E-state index in [0.29, 0.717) is 14.6 Å². The Labute approximate surface area is 155 Å². The largest absolute Gasteiger partial charge is 0.301 e. The molecule has 1 aromatic carbocycles. The van der Waals surface area contributed by atoms with Gasteiger partial charge in [0.2, 0.25) is 16.9 Å². The van der Waals surface area contributed by atoms with Crippen LogP contribution in [0.25, 0.3) is 0 Å². The predicted molar refractivity (Wildman–Crippen MR) is 100 cm³/mol. The van der Waals surface area contributed by atoms with Crippen molar-refractivity contribution in [3.05, 3.63) is 47.5 Å². The zero-order valence-electron chi connectivity index (χ0n) is 12.8. The van der Waals surface area contributed by atoms with Crippen LogP contribution in [0.1, 0.15) is 5.56 Å². The monoisotopic (exact) mass is 391 g/mol. The lowest BCUT2D eigenvalue weighted by Gasteiger charge is -2.01. The van der Waals surface area contributed by atoms with Crippen LogP contribution in [0.3, 0.4) is 0 Å². The maximum Gasteiger partial charge on any atom is 0.236 e. The second kappa shape index (κ2) is 8.70. The fraction of sp³-hybridized carbons (Fsp3) is 0.133. The number of rotatable bonds is 7. The summed E-state index contributed by atoms with van der Waals surface area (Å²) in [6.45, 7) is 0. The summed E-state index contributed by atoms with van der Waals surface area (Å²) < 4.78 is 0.615. The van der Waals surface area contributed by atoms with Gasteiger partial charge in [-0.2, -0.15) is 0 Å². The summed E-state index contributed by atoms with van der Waals surface area (Å²) in [7, 11) is 0. The van der Waals surface area contributed by atoms with E-state index < -0.39 is 0 Å². The molecule has 3 aromatic rings. The first kappa shape index (κ1) is 17.5. The first-order valence-electron chi connectivity index (χ1n) is 7.18. The van der Waals surface area contributed by atoms with E-state index in [1.165, 1.54) is 34.4 Å². The van der Waals surface area contributed by atoms with Crippen molar-refractivity contribution in [3.8, 4) is 0 Å². The maximum atomic E-state index is 12.0. The summed E-state index contributed by atoms with van der Waals surface area (Å²) in [5.74, 6) is -0.114. The number of benzene rings is 1. The molecule has 128 valence electrons. The second-order valence-electron chi connectivity index (χ2n) is 4.76. The highest BCUT2D eigenvalue weighted by molar-refractivity contribution is 8.01. The predicted octanol–water partition coefficient (Wildman–Crippen LogP) is 2.91. The third-order valence-corrected chi connectivity index (χ3v) is 5.53. The Kier molecular flexibility index (Phi) is 6.09. The van der Waals surface area contributed by atoms with Crippen molar-refractivity contribution >= 4 is 56.5 Å². The van der Waals surface area contributed by atoms with E-state index in [1.807, 2.05) is 30.3 Å². The minimum atomic E-state index is -0.162. The van der Waals surface area contributed by atoms with Gasteiger partial charge in [0.15, 0.2) is 9.47 Å². The normalized spacial score (nSPS) is 10.4. The van der Waals surface area contributed by atoms with Gasteiger partial charge in [0.05, 0.1) is 12.2 Å². The van der Waals surface area contributed by atoms with Crippen molar-refractivity contribution in [2.24, 2.45) is 0 Å². The number of carbonyl (C=O) groups is 2. The number of nitrogens with one attached hydrogen (secondary N) is 2. The van der Waals surface area contributed by atoms with Gasteiger partial charge in [-0.3, -0.25) is 9.59 Å². The van der Waals surface area contributed by atoms with Crippen molar-refractivity contribution in [1.29, 1.82) is 0 Å². The summed E-state index contributed by atoms with van der Waals surface area (Å²) in [6.07, 6.45) is 1.90. The van der Waals surface area contributed by atoms with Crippen molar-refractivity contribution in [3.63, 3.8) is 0 Å². The van der Waals surface area contributed by atoms with Crippen LogP contribution in [0.15, 0.2) is 46.2 Å². The summed E-state index contributed by atoms with van der Waals surface area (Å²) in [5.41, 5.74) is 0.929. The van der Waals surface area contributed by atoms with Crippen LogP contribution in [-0.4, -0.2) is 32.7 Å². The molecule has 2 amide bonds. The minimum absolute atomic E-state index is 0.152. The van der Waals surface area contributed by atoms with E-state index in [2.05, 4.69) is 25.8 Å². The molecular weight excluding hydrogens is 378 g/mol. The maximum absolute atomic E-state index is 12.0. The van der Waals surface area contributed by atoms with E-state index in [4.69, 9.17) is 0 Å². The molecule has 0 unspecified atom stereocenters. The third-order valence-electron chi connectivity index (χ3n) is 2.87. The zero-order valence-corrected chi connectivity index (χ0v) is 15.3. The second-order valence-corrected chi connectivity index (χ2v) is 7.85. The number of thiazole rings is 1. The molecule has 7 nitrogen and oxygen atoms in total. The molecule has 10 heteroatoms. The van der Waals surface area contributed by atoms with E-state index >= 15 is 0 Å². The molecule has 0 saturated heterocycles. The summed E-state index contributed by atoms with van der Waals surface area (Å²) >= 11 is 3.86. The van der Waals surface area contributed by atoms with Crippen molar-refractivity contribution in [2.45, 2.75) is 10.8 Å². The molecule has 3 rings (SSSR count). The number of carbonyl (C=O) groups excluding carboxylic acids is 2. The molecule has 0 radical (unpaired) electrons. The quantitative estimate of drug-likeness (QED) is 0.475. The molecule has 0 aliphatic rings. The smallest absolute Gasteiger partial charge is 0.236 e. The molecule has 0 saturated carbocycles. The number of hydrogen-bond donors (Lipinski definition) is 2. The summed E-state index contributed by atoms with van der Waals surface area (Å²) in [5, 5.41) is 16.1. The number of anilines is 2. The number of aromatic nitrogens is 3. The summed E-state index contributed by atoms with van der Waals surface area (Å²) in [4.78, 5) is 27.8. The standard InChI is InChI=1S/C15H13N5O2S3/c21-11(8-10-4-2-1-3-5-10)17-14-19-20-15(25-14)24-9-12(22)18-13-16-6-7-23-13/h1-7H,8-9H2,(H,16,18,22)(H,17,19,21). The number of amides is 2. The third kappa shape index (κ3) is 5.62. The average molecular weight is 392 g/mol. The lowest BCUT2D eigenvalue weighted by atomic mass is 10.1. The molecule has 2 N–H and O–H groups in total. The van der Waals surface area contributed by atoms with Crippen molar-refractivity contribution in [1.82, 2.24) is 15.2 Å². The molecule has 0 aliphatic heterocycles. The molecule has 0 aliphatic carbocycles. The first-order valence-corrected chi connectivity index (χ1v) is 9.86. The molecule has 25 heavy (non-hydrogen) atoms. The Bertz CT molecular complexity index is 836. The van der Waals surface area contributed by atoms with Gasteiger partial charge in [0.25, 0.3) is 0 Å². The van der Waals surface area contributed by atoms with Gasteiger partial charge in [-0.25, -0.2) is 4.98 Å². The molecule has 2 aromatic heterocycles. The SMILES string of the molecule is O=C(CSc1nnc(NC(=O)Cc2ccccc2)s1)Nc1nccs1. The highest BCUT2D eigenvalue weighted by Gasteiger charge is 2.11. The van der Waals surface area contributed by atoms with Gasteiger partial charge in [0.1, 0.15) is 0 Å². The van der Waals surface area contributed by atoms with Crippen LogP contribution in [0.4, 0.5) is 10.3 Å². The molecule has 0 spiro atoms. The Balaban J connectivity index is 1.45. The Morgan fingerprint density at radius 2 is 1.84 bits per heavy atom. The van der Waals surface area contributed by atoms with Gasteiger partial charge in [-0.15, -0.1) is 21.5 Å². The molecule has 2 heterocycles. The summed E-state index contributed by atoms with van der Waals surface area (Å²) in [6, 6.07) is 9.46. The number of hydrogen-bond acceptors (Lipinski definition) is 8. The van der Waals surface area contributed by atoms with E-state index in [1.54, 1.807) is 11.6 Å². The lowest BCUT2D eigenvalue weighted by Crippen LogP contribution is -2.14. The van der Waals surface area contributed by atoms with E-state index in [-0.39, 0.29) is 24.0 Å².